The lowest BCUT2D eigenvalue weighted by molar-refractivity contribution is 0.136. The Morgan fingerprint density at radius 3 is 2.84 bits per heavy atom. The lowest BCUT2D eigenvalue weighted by Crippen LogP contribution is -2.33. The molecule has 4 heteroatoms. The van der Waals surface area contributed by atoms with Crippen LogP contribution in [0.5, 0.6) is 0 Å². The minimum atomic E-state index is 0.468. The van der Waals surface area contributed by atoms with Crippen LogP contribution in [-0.2, 0) is 19.5 Å². The number of nitrogens with one attached hydrogen (secondary N) is 1. The summed E-state index contributed by atoms with van der Waals surface area (Å²) < 4.78 is 2.20. The third-order valence-electron chi connectivity index (χ3n) is 5.68. The van der Waals surface area contributed by atoms with Crippen molar-refractivity contribution < 1.29 is 0 Å². The SMILES string of the molecule is CCn1nc(C2CCCCN2Cc2ccccc2)c2c1NCCCC2. The minimum absolute atomic E-state index is 0.468. The largest absolute Gasteiger partial charge is 0.370 e. The number of aromatic nitrogens is 2. The quantitative estimate of drug-likeness (QED) is 0.898. The van der Waals surface area contributed by atoms with Gasteiger partial charge in [-0.15, -0.1) is 0 Å². The Bertz CT molecular complexity index is 691. The molecule has 1 fully saturated rings. The first-order valence-electron chi connectivity index (χ1n) is 9.98. The molecule has 4 nitrogen and oxygen atoms in total. The number of nitrogens with zero attached hydrogens (tertiary/aromatic N) is 3. The summed E-state index contributed by atoms with van der Waals surface area (Å²) in [6.07, 6.45) is 7.56. The van der Waals surface area contributed by atoms with E-state index in [9.17, 15) is 0 Å². The van der Waals surface area contributed by atoms with Crippen molar-refractivity contribution in [2.45, 2.75) is 64.6 Å². The zero-order chi connectivity index (χ0) is 17.1. The molecule has 0 radical (unpaired) electrons. The Kier molecular flexibility index (Phi) is 5.07. The maximum Gasteiger partial charge on any atom is 0.127 e. The van der Waals surface area contributed by atoms with Crippen LogP contribution < -0.4 is 5.32 Å². The van der Waals surface area contributed by atoms with Crippen molar-refractivity contribution in [3.63, 3.8) is 0 Å². The zero-order valence-electron chi connectivity index (χ0n) is 15.4. The topological polar surface area (TPSA) is 33.1 Å². The molecule has 0 spiro atoms. The maximum atomic E-state index is 5.08. The molecule has 2 aromatic rings. The normalized spacial score (nSPS) is 21.4. The van der Waals surface area contributed by atoms with E-state index >= 15 is 0 Å². The monoisotopic (exact) mass is 338 g/mol. The summed E-state index contributed by atoms with van der Waals surface area (Å²) in [6, 6.07) is 11.4. The molecule has 1 unspecified atom stereocenters. The fraction of sp³-hybridized carbons (Fsp3) is 0.571. The van der Waals surface area contributed by atoms with E-state index in [1.807, 2.05) is 0 Å². The highest BCUT2D eigenvalue weighted by atomic mass is 15.3. The Morgan fingerprint density at radius 2 is 2.00 bits per heavy atom. The summed E-state index contributed by atoms with van der Waals surface area (Å²) in [5.41, 5.74) is 4.25. The molecule has 1 saturated heterocycles. The predicted octanol–water partition coefficient (Wildman–Crippen LogP) is 4.38. The van der Waals surface area contributed by atoms with Gasteiger partial charge in [-0.05, 0) is 51.1 Å². The van der Waals surface area contributed by atoms with Gasteiger partial charge in [0, 0.05) is 25.2 Å². The van der Waals surface area contributed by atoms with Gasteiger partial charge in [-0.25, -0.2) is 4.68 Å². The highest BCUT2D eigenvalue weighted by Crippen LogP contribution is 2.37. The standard InChI is InChI=1S/C21H30N4/c1-2-25-21-18(12-6-8-14-22-21)20(23-25)19-13-7-9-15-24(19)16-17-10-4-3-5-11-17/h3-5,10-11,19,22H,2,6-9,12-16H2,1H3. The van der Waals surface area contributed by atoms with E-state index in [1.54, 1.807) is 0 Å². The van der Waals surface area contributed by atoms with Gasteiger partial charge in [-0.3, -0.25) is 4.90 Å². The summed E-state index contributed by atoms with van der Waals surface area (Å²) in [5, 5.41) is 8.73. The van der Waals surface area contributed by atoms with Crippen LogP contribution in [0.3, 0.4) is 0 Å². The summed E-state index contributed by atoms with van der Waals surface area (Å²) in [4.78, 5) is 2.66. The van der Waals surface area contributed by atoms with Gasteiger partial charge in [-0.1, -0.05) is 36.8 Å². The molecule has 2 aliphatic rings. The van der Waals surface area contributed by atoms with E-state index in [2.05, 4.69) is 52.2 Å². The molecule has 1 aromatic carbocycles. The number of benzene rings is 1. The highest BCUT2D eigenvalue weighted by Gasteiger charge is 2.31. The molecule has 134 valence electrons. The maximum absolute atomic E-state index is 5.08. The number of hydrogen-bond donors (Lipinski definition) is 1. The molecule has 1 aromatic heterocycles. The molecule has 0 saturated carbocycles. The summed E-state index contributed by atoms with van der Waals surface area (Å²) >= 11 is 0. The third kappa shape index (κ3) is 3.45. The molecular formula is C21H30N4. The second-order valence-corrected chi connectivity index (χ2v) is 7.38. The molecule has 1 atom stereocenters. The molecule has 0 amide bonds. The summed E-state index contributed by atoms with van der Waals surface area (Å²) in [5.74, 6) is 1.29. The van der Waals surface area contributed by atoms with Crippen LogP contribution in [0.2, 0.25) is 0 Å². The van der Waals surface area contributed by atoms with Gasteiger partial charge in [-0.2, -0.15) is 5.10 Å². The first-order chi connectivity index (χ1) is 12.4. The molecule has 0 bridgehead atoms. The van der Waals surface area contributed by atoms with Gasteiger partial charge in [0.2, 0.25) is 0 Å². The fourth-order valence-electron chi connectivity index (χ4n) is 4.40. The molecule has 4 rings (SSSR count). The Labute approximate surface area is 151 Å². The van der Waals surface area contributed by atoms with Crippen molar-refractivity contribution in [3.8, 4) is 0 Å². The average molecular weight is 338 g/mol. The van der Waals surface area contributed by atoms with Gasteiger partial charge in [0.1, 0.15) is 5.82 Å². The van der Waals surface area contributed by atoms with Gasteiger partial charge in [0.05, 0.1) is 11.7 Å². The van der Waals surface area contributed by atoms with Crippen LogP contribution in [0.15, 0.2) is 30.3 Å². The fourth-order valence-corrected chi connectivity index (χ4v) is 4.40. The first-order valence-corrected chi connectivity index (χ1v) is 9.98. The van der Waals surface area contributed by atoms with Gasteiger partial charge in [0.15, 0.2) is 0 Å². The van der Waals surface area contributed by atoms with Crippen LogP contribution in [0.25, 0.3) is 0 Å². The smallest absolute Gasteiger partial charge is 0.127 e. The Morgan fingerprint density at radius 1 is 1.12 bits per heavy atom. The van der Waals surface area contributed by atoms with E-state index < -0.39 is 0 Å². The number of aryl methyl sites for hydroxylation is 1. The number of hydrogen-bond acceptors (Lipinski definition) is 3. The van der Waals surface area contributed by atoms with E-state index in [1.165, 1.54) is 67.7 Å². The second kappa shape index (κ2) is 7.61. The molecule has 2 aliphatic heterocycles. The van der Waals surface area contributed by atoms with Crippen molar-refractivity contribution in [3.05, 3.63) is 47.2 Å². The van der Waals surface area contributed by atoms with Crippen LogP contribution in [0.4, 0.5) is 5.82 Å². The van der Waals surface area contributed by atoms with E-state index in [0.717, 1.165) is 19.6 Å². The minimum Gasteiger partial charge on any atom is -0.370 e. The highest BCUT2D eigenvalue weighted by molar-refractivity contribution is 5.50. The molecule has 25 heavy (non-hydrogen) atoms. The van der Waals surface area contributed by atoms with Crippen molar-refractivity contribution in [2.75, 3.05) is 18.4 Å². The van der Waals surface area contributed by atoms with E-state index in [4.69, 9.17) is 5.10 Å². The van der Waals surface area contributed by atoms with Crippen molar-refractivity contribution in [1.29, 1.82) is 0 Å². The van der Waals surface area contributed by atoms with Crippen molar-refractivity contribution >= 4 is 5.82 Å². The number of piperidine rings is 1. The average Bonchev–Trinajstić information content (AvgIpc) is 2.83. The lowest BCUT2D eigenvalue weighted by atomic mass is 9.94. The molecule has 1 N–H and O–H groups in total. The third-order valence-corrected chi connectivity index (χ3v) is 5.68. The number of fused-ring (bicyclic) bond motifs is 1. The number of likely N-dealkylation sites (tertiary alicyclic amines) is 1. The Balaban J connectivity index is 1.65. The Hall–Kier alpha value is -1.81. The van der Waals surface area contributed by atoms with Gasteiger partial charge in [0.25, 0.3) is 0 Å². The molecular weight excluding hydrogens is 308 g/mol. The second-order valence-electron chi connectivity index (χ2n) is 7.38. The molecule has 3 heterocycles. The van der Waals surface area contributed by atoms with E-state index in [-0.39, 0.29) is 0 Å². The first kappa shape index (κ1) is 16.6. The van der Waals surface area contributed by atoms with Crippen molar-refractivity contribution in [1.82, 2.24) is 14.7 Å². The summed E-state index contributed by atoms with van der Waals surface area (Å²) in [7, 11) is 0. The number of rotatable bonds is 4. The van der Waals surface area contributed by atoms with Crippen LogP contribution in [0, 0.1) is 0 Å². The summed E-state index contributed by atoms with van der Waals surface area (Å²) in [6.45, 7) is 6.44. The van der Waals surface area contributed by atoms with Crippen molar-refractivity contribution in [2.24, 2.45) is 0 Å². The van der Waals surface area contributed by atoms with Gasteiger partial charge >= 0.3 is 0 Å². The predicted molar refractivity (Wildman–Crippen MR) is 103 cm³/mol. The van der Waals surface area contributed by atoms with Crippen LogP contribution >= 0.6 is 0 Å². The lowest BCUT2D eigenvalue weighted by Gasteiger charge is -2.35. The van der Waals surface area contributed by atoms with Crippen LogP contribution in [-0.4, -0.2) is 27.8 Å². The zero-order valence-corrected chi connectivity index (χ0v) is 15.4. The van der Waals surface area contributed by atoms with Gasteiger partial charge < -0.3 is 5.32 Å². The molecule has 0 aliphatic carbocycles. The van der Waals surface area contributed by atoms with E-state index in [0.29, 0.717) is 6.04 Å². The number of anilines is 1. The van der Waals surface area contributed by atoms with Crippen LogP contribution in [0.1, 0.15) is 61.9 Å².